The zero-order valence-electron chi connectivity index (χ0n) is 12.4. The van der Waals surface area contributed by atoms with E-state index in [0.717, 1.165) is 24.3 Å². The molecule has 0 aliphatic rings. The number of aliphatic hydroxyl groups is 1. The molecule has 0 heterocycles. The van der Waals surface area contributed by atoms with Crippen LogP contribution in [0, 0.1) is 0 Å². The molecule has 0 fully saturated rings. The summed E-state index contributed by atoms with van der Waals surface area (Å²) in [5.41, 5.74) is 4.80. The fraction of sp³-hybridized carbons (Fsp3) is 0.333. The molecule has 0 aliphatic heterocycles. The number of primary amides is 1. The lowest BCUT2D eigenvalue weighted by molar-refractivity contribution is -0.137. The predicted octanol–water partition coefficient (Wildman–Crippen LogP) is 1.68. The normalized spacial score (nSPS) is 14.0. The molecule has 0 radical (unpaired) electrons. The molecule has 0 spiro atoms. The van der Waals surface area contributed by atoms with Crippen LogP contribution >= 0.6 is 0 Å². The SMILES string of the molecule is C=C(C)C[C@@H](NC(=O)[C@H](O)c1ccc(C(F)(F)F)cc1)C(N)=O. The van der Waals surface area contributed by atoms with Gasteiger partial charge in [0.15, 0.2) is 6.10 Å². The summed E-state index contributed by atoms with van der Waals surface area (Å²) in [5.74, 6) is -1.74. The lowest BCUT2D eigenvalue weighted by atomic mass is 10.0. The summed E-state index contributed by atoms with van der Waals surface area (Å²) in [5, 5.41) is 12.1. The maximum atomic E-state index is 12.5. The molecule has 0 bridgehead atoms. The van der Waals surface area contributed by atoms with Gasteiger partial charge in [0, 0.05) is 0 Å². The molecule has 1 aromatic rings. The number of carbonyl (C=O) groups is 2. The Morgan fingerprint density at radius 2 is 1.83 bits per heavy atom. The van der Waals surface area contributed by atoms with Crippen molar-refractivity contribution in [2.45, 2.75) is 31.7 Å². The van der Waals surface area contributed by atoms with Crippen molar-refractivity contribution in [2.24, 2.45) is 5.73 Å². The smallest absolute Gasteiger partial charge is 0.378 e. The van der Waals surface area contributed by atoms with Crippen LogP contribution < -0.4 is 11.1 Å². The fourth-order valence-electron chi connectivity index (χ4n) is 1.83. The first-order valence-electron chi connectivity index (χ1n) is 6.61. The highest BCUT2D eigenvalue weighted by Crippen LogP contribution is 2.29. The van der Waals surface area contributed by atoms with Crippen LogP contribution in [0.3, 0.4) is 0 Å². The van der Waals surface area contributed by atoms with Crippen molar-refractivity contribution in [3.8, 4) is 0 Å². The van der Waals surface area contributed by atoms with Gasteiger partial charge in [-0.1, -0.05) is 17.7 Å². The second-order valence-electron chi connectivity index (χ2n) is 5.15. The topological polar surface area (TPSA) is 92.4 Å². The summed E-state index contributed by atoms with van der Waals surface area (Å²) in [6.45, 7) is 5.23. The number of hydrogen-bond acceptors (Lipinski definition) is 3. The lowest BCUT2D eigenvalue weighted by Gasteiger charge is -2.18. The lowest BCUT2D eigenvalue weighted by Crippen LogP contribution is -2.46. The first kappa shape index (κ1) is 18.7. The number of alkyl halides is 3. The highest BCUT2D eigenvalue weighted by atomic mass is 19.4. The molecule has 2 atom stereocenters. The minimum Gasteiger partial charge on any atom is -0.378 e. The Balaban J connectivity index is 2.83. The Labute approximate surface area is 131 Å². The summed E-state index contributed by atoms with van der Waals surface area (Å²) >= 11 is 0. The van der Waals surface area contributed by atoms with Gasteiger partial charge in [-0.15, -0.1) is 6.58 Å². The molecule has 2 amide bonds. The number of carbonyl (C=O) groups excluding carboxylic acids is 2. The van der Waals surface area contributed by atoms with E-state index in [9.17, 15) is 27.9 Å². The van der Waals surface area contributed by atoms with Crippen LogP contribution in [-0.2, 0) is 15.8 Å². The maximum absolute atomic E-state index is 12.5. The van der Waals surface area contributed by atoms with E-state index in [1.807, 2.05) is 0 Å². The number of aliphatic hydroxyl groups excluding tert-OH is 1. The highest BCUT2D eigenvalue weighted by Gasteiger charge is 2.31. The summed E-state index contributed by atoms with van der Waals surface area (Å²) in [6.07, 6.45) is -6.13. The molecule has 0 aliphatic carbocycles. The number of rotatable bonds is 6. The predicted molar refractivity (Wildman–Crippen MR) is 77.0 cm³/mol. The Hall–Kier alpha value is -2.35. The minimum absolute atomic E-state index is 0.0333. The third-order valence-electron chi connectivity index (χ3n) is 3.01. The van der Waals surface area contributed by atoms with E-state index in [1.165, 1.54) is 0 Å². The van der Waals surface area contributed by atoms with E-state index in [1.54, 1.807) is 6.92 Å². The monoisotopic (exact) mass is 330 g/mol. The summed E-state index contributed by atoms with van der Waals surface area (Å²) in [4.78, 5) is 23.1. The molecule has 1 aromatic carbocycles. The summed E-state index contributed by atoms with van der Waals surface area (Å²) in [6, 6.07) is 2.44. The van der Waals surface area contributed by atoms with E-state index >= 15 is 0 Å². The molecule has 4 N–H and O–H groups in total. The molecule has 5 nitrogen and oxygen atoms in total. The number of hydrogen-bond donors (Lipinski definition) is 3. The van der Waals surface area contributed by atoms with Gasteiger partial charge in [-0.05, 0) is 31.0 Å². The van der Waals surface area contributed by atoms with Crippen LogP contribution in [0.4, 0.5) is 13.2 Å². The van der Waals surface area contributed by atoms with E-state index < -0.39 is 35.7 Å². The third-order valence-corrected chi connectivity index (χ3v) is 3.01. The van der Waals surface area contributed by atoms with Crippen molar-refractivity contribution in [1.82, 2.24) is 5.32 Å². The average Bonchev–Trinajstić information content (AvgIpc) is 2.44. The number of nitrogens with one attached hydrogen (secondary N) is 1. The number of halogens is 3. The molecule has 0 saturated carbocycles. The van der Waals surface area contributed by atoms with E-state index in [0.29, 0.717) is 5.57 Å². The zero-order valence-corrected chi connectivity index (χ0v) is 12.4. The fourth-order valence-corrected chi connectivity index (χ4v) is 1.83. The van der Waals surface area contributed by atoms with E-state index in [-0.39, 0.29) is 12.0 Å². The Kier molecular flexibility index (Phi) is 5.91. The van der Waals surface area contributed by atoms with Crippen molar-refractivity contribution in [3.05, 3.63) is 47.5 Å². The van der Waals surface area contributed by atoms with Gasteiger partial charge >= 0.3 is 6.18 Å². The quantitative estimate of drug-likeness (QED) is 0.693. The third kappa shape index (κ3) is 5.41. The largest absolute Gasteiger partial charge is 0.416 e. The maximum Gasteiger partial charge on any atom is 0.416 e. The molecule has 126 valence electrons. The van der Waals surface area contributed by atoms with Gasteiger partial charge < -0.3 is 16.2 Å². The van der Waals surface area contributed by atoms with Gasteiger partial charge in [0.1, 0.15) is 6.04 Å². The Morgan fingerprint density at radius 3 is 2.22 bits per heavy atom. The van der Waals surface area contributed by atoms with Crippen LogP contribution in [-0.4, -0.2) is 23.0 Å². The number of amides is 2. The van der Waals surface area contributed by atoms with Gasteiger partial charge in [-0.2, -0.15) is 13.2 Å². The molecular weight excluding hydrogens is 313 g/mol. The van der Waals surface area contributed by atoms with Crippen LogP contribution in [0.25, 0.3) is 0 Å². The molecule has 8 heteroatoms. The minimum atomic E-state index is -4.51. The van der Waals surface area contributed by atoms with Crippen LogP contribution in [0.1, 0.15) is 30.6 Å². The standard InChI is InChI=1S/C15H17F3N2O3/c1-8(2)7-11(13(19)22)20-14(23)12(21)9-3-5-10(6-4-9)15(16,17)18/h3-6,11-12,21H,1,7H2,2H3,(H2,19,22)(H,20,23)/t11-,12-/m1/s1. The van der Waals surface area contributed by atoms with Crippen LogP contribution in [0.5, 0.6) is 0 Å². The number of benzene rings is 1. The molecule has 0 unspecified atom stereocenters. The molecule has 0 aromatic heterocycles. The molecular formula is C15H17F3N2O3. The van der Waals surface area contributed by atoms with Crippen molar-refractivity contribution >= 4 is 11.8 Å². The van der Waals surface area contributed by atoms with Crippen LogP contribution in [0.15, 0.2) is 36.4 Å². The second-order valence-corrected chi connectivity index (χ2v) is 5.15. The Bertz CT molecular complexity index is 597. The molecule has 23 heavy (non-hydrogen) atoms. The van der Waals surface area contributed by atoms with Crippen molar-refractivity contribution in [3.63, 3.8) is 0 Å². The van der Waals surface area contributed by atoms with Gasteiger partial charge in [-0.3, -0.25) is 9.59 Å². The molecule has 1 rings (SSSR count). The van der Waals surface area contributed by atoms with Gasteiger partial charge in [-0.25, -0.2) is 0 Å². The van der Waals surface area contributed by atoms with Crippen molar-refractivity contribution in [2.75, 3.05) is 0 Å². The number of nitrogens with two attached hydrogens (primary N) is 1. The van der Waals surface area contributed by atoms with E-state index in [2.05, 4.69) is 11.9 Å². The Morgan fingerprint density at radius 1 is 1.30 bits per heavy atom. The van der Waals surface area contributed by atoms with Gasteiger partial charge in [0.2, 0.25) is 5.91 Å². The first-order chi connectivity index (χ1) is 10.5. The average molecular weight is 330 g/mol. The van der Waals surface area contributed by atoms with Gasteiger partial charge in [0.25, 0.3) is 5.91 Å². The summed E-state index contributed by atoms with van der Waals surface area (Å²) < 4.78 is 37.4. The van der Waals surface area contributed by atoms with Crippen molar-refractivity contribution < 1.29 is 27.9 Å². The summed E-state index contributed by atoms with van der Waals surface area (Å²) in [7, 11) is 0. The van der Waals surface area contributed by atoms with E-state index in [4.69, 9.17) is 5.73 Å². The molecule has 0 saturated heterocycles. The first-order valence-corrected chi connectivity index (χ1v) is 6.61. The second kappa shape index (κ2) is 7.28. The zero-order chi connectivity index (χ0) is 17.8. The van der Waals surface area contributed by atoms with Crippen molar-refractivity contribution in [1.29, 1.82) is 0 Å². The van der Waals surface area contributed by atoms with Crippen LogP contribution in [0.2, 0.25) is 0 Å². The van der Waals surface area contributed by atoms with Gasteiger partial charge in [0.05, 0.1) is 5.56 Å². The highest BCUT2D eigenvalue weighted by molar-refractivity contribution is 5.89.